The van der Waals surface area contributed by atoms with Crippen molar-refractivity contribution in [2.75, 3.05) is 32.6 Å². The molecule has 0 fully saturated rings. The zero-order chi connectivity index (χ0) is 18.5. The molecule has 2 N–H and O–H groups in total. The van der Waals surface area contributed by atoms with Gasteiger partial charge in [0.1, 0.15) is 19.0 Å². The van der Waals surface area contributed by atoms with Crippen LogP contribution in [0.3, 0.4) is 0 Å². The number of nitrogens with one attached hydrogen (secondary N) is 2. The van der Waals surface area contributed by atoms with Gasteiger partial charge >= 0.3 is 6.03 Å². The van der Waals surface area contributed by atoms with Crippen molar-refractivity contribution < 1.29 is 14.3 Å². The zero-order valence-corrected chi connectivity index (χ0v) is 15.9. The van der Waals surface area contributed by atoms with Crippen molar-refractivity contribution in [2.45, 2.75) is 25.0 Å². The van der Waals surface area contributed by atoms with Crippen molar-refractivity contribution >= 4 is 17.8 Å². The van der Waals surface area contributed by atoms with Gasteiger partial charge in [0.25, 0.3) is 0 Å². The van der Waals surface area contributed by atoms with Gasteiger partial charge in [-0.1, -0.05) is 17.8 Å². The fraction of sp³-hybridized carbons (Fsp3) is 0.471. The molecule has 1 aromatic carbocycles. The molecule has 3 rings (SSSR count). The summed E-state index contributed by atoms with van der Waals surface area (Å²) in [6.45, 7) is 5.48. The Morgan fingerprint density at radius 1 is 1.38 bits per heavy atom. The molecule has 9 heteroatoms. The van der Waals surface area contributed by atoms with Crippen molar-refractivity contribution in [2.24, 2.45) is 0 Å². The van der Waals surface area contributed by atoms with E-state index in [0.29, 0.717) is 30.7 Å². The Balaban J connectivity index is 1.49. The van der Waals surface area contributed by atoms with E-state index in [1.165, 1.54) is 11.8 Å². The summed E-state index contributed by atoms with van der Waals surface area (Å²) in [5.74, 6) is 2.96. The van der Waals surface area contributed by atoms with Crippen molar-refractivity contribution in [1.82, 2.24) is 25.4 Å². The molecule has 0 unspecified atom stereocenters. The van der Waals surface area contributed by atoms with Gasteiger partial charge < -0.3 is 19.7 Å². The molecule has 0 radical (unpaired) electrons. The van der Waals surface area contributed by atoms with Crippen LogP contribution in [0.2, 0.25) is 0 Å². The molecule has 1 atom stereocenters. The Kier molecular flexibility index (Phi) is 5.87. The maximum Gasteiger partial charge on any atom is 0.317 e. The van der Waals surface area contributed by atoms with Gasteiger partial charge in [-0.05, 0) is 31.5 Å². The van der Waals surface area contributed by atoms with Gasteiger partial charge in [-0.15, -0.1) is 5.10 Å². The second-order valence-electron chi connectivity index (χ2n) is 5.97. The Hall–Kier alpha value is -2.42. The lowest BCUT2D eigenvalue weighted by molar-refractivity contribution is 0.170. The van der Waals surface area contributed by atoms with E-state index < -0.39 is 0 Å². The van der Waals surface area contributed by atoms with E-state index in [1.807, 2.05) is 32.0 Å². The van der Waals surface area contributed by atoms with E-state index in [1.54, 1.807) is 11.9 Å². The highest BCUT2D eigenvalue weighted by Gasteiger charge is 2.20. The fourth-order valence-corrected chi connectivity index (χ4v) is 3.23. The summed E-state index contributed by atoms with van der Waals surface area (Å²) < 4.78 is 11.2. The average Bonchev–Trinajstić information content (AvgIpc) is 3.08. The molecule has 8 nitrogen and oxygen atoms in total. The fourth-order valence-electron chi connectivity index (χ4n) is 2.53. The number of carbonyl (C=O) groups is 1. The van der Waals surface area contributed by atoms with E-state index in [2.05, 4.69) is 20.5 Å². The summed E-state index contributed by atoms with van der Waals surface area (Å²) in [5.41, 5.74) is 0.998. The SMILES string of the molecule is Cc1nc(SCCNC(=O)N(C)[C@@H](C)c2ccc3c(c2)OCCO3)n[nH]1. The first-order valence-corrected chi connectivity index (χ1v) is 9.45. The van der Waals surface area contributed by atoms with Crippen LogP contribution in [0, 0.1) is 6.92 Å². The number of fused-ring (bicyclic) bond motifs is 1. The largest absolute Gasteiger partial charge is 0.486 e. The maximum absolute atomic E-state index is 12.4. The summed E-state index contributed by atoms with van der Waals surface area (Å²) in [6, 6.07) is 5.57. The molecule has 0 spiro atoms. The number of aromatic amines is 1. The van der Waals surface area contributed by atoms with E-state index in [9.17, 15) is 4.79 Å². The van der Waals surface area contributed by atoms with Gasteiger partial charge in [0, 0.05) is 19.3 Å². The quantitative estimate of drug-likeness (QED) is 0.593. The Labute approximate surface area is 156 Å². The monoisotopic (exact) mass is 377 g/mol. The molecule has 2 aromatic rings. The van der Waals surface area contributed by atoms with Crippen molar-refractivity contribution in [3.8, 4) is 11.5 Å². The summed E-state index contributed by atoms with van der Waals surface area (Å²) >= 11 is 1.50. The Bertz CT molecular complexity index is 767. The van der Waals surface area contributed by atoms with Gasteiger partial charge in [0.15, 0.2) is 11.5 Å². The number of carbonyl (C=O) groups excluding carboxylic acids is 1. The predicted molar refractivity (Wildman–Crippen MR) is 98.9 cm³/mol. The van der Waals surface area contributed by atoms with Crippen LogP contribution in [0.1, 0.15) is 24.4 Å². The summed E-state index contributed by atoms with van der Waals surface area (Å²) in [5, 5.41) is 10.5. The molecular formula is C17H23N5O3S. The van der Waals surface area contributed by atoms with Gasteiger partial charge in [0.05, 0.1) is 6.04 Å². The molecule has 1 aromatic heterocycles. The molecule has 2 heterocycles. The maximum atomic E-state index is 12.4. The molecule has 1 aliphatic rings. The van der Waals surface area contributed by atoms with Crippen LogP contribution < -0.4 is 14.8 Å². The normalized spacial score (nSPS) is 14.0. The minimum absolute atomic E-state index is 0.0888. The second-order valence-corrected chi connectivity index (χ2v) is 7.04. The number of rotatable bonds is 6. The third-order valence-electron chi connectivity index (χ3n) is 4.14. The van der Waals surface area contributed by atoms with Crippen molar-refractivity contribution in [1.29, 1.82) is 0 Å². The first-order chi connectivity index (χ1) is 12.5. The van der Waals surface area contributed by atoms with Crippen LogP contribution >= 0.6 is 11.8 Å². The lowest BCUT2D eigenvalue weighted by atomic mass is 10.1. The number of urea groups is 1. The number of amides is 2. The predicted octanol–water partition coefficient (Wildman–Crippen LogP) is 2.38. The molecule has 0 saturated carbocycles. The summed E-state index contributed by atoms with van der Waals surface area (Å²) in [7, 11) is 1.78. The van der Waals surface area contributed by atoms with Crippen LogP contribution in [-0.2, 0) is 0 Å². The number of aromatic nitrogens is 3. The minimum atomic E-state index is -0.126. The summed E-state index contributed by atoms with van der Waals surface area (Å²) in [4.78, 5) is 18.3. The topological polar surface area (TPSA) is 92.4 Å². The first-order valence-electron chi connectivity index (χ1n) is 8.46. The molecule has 1 aliphatic heterocycles. The number of thioether (sulfide) groups is 1. The highest BCUT2D eigenvalue weighted by atomic mass is 32.2. The molecule has 26 heavy (non-hydrogen) atoms. The van der Waals surface area contributed by atoms with Crippen LogP contribution in [0.5, 0.6) is 11.5 Å². The molecule has 2 amide bonds. The molecule has 140 valence electrons. The minimum Gasteiger partial charge on any atom is -0.486 e. The molecule has 0 aliphatic carbocycles. The molecular weight excluding hydrogens is 354 g/mol. The van der Waals surface area contributed by atoms with Gasteiger partial charge in [-0.2, -0.15) is 0 Å². The number of hydrogen-bond acceptors (Lipinski definition) is 6. The standard InChI is InChI=1S/C17H23N5O3S/c1-11(13-4-5-14-15(10-13)25-8-7-24-14)22(3)17(23)18-6-9-26-16-19-12(2)20-21-16/h4-5,10-11H,6-9H2,1-3H3,(H,18,23)(H,19,20,21)/t11-/m0/s1. The Morgan fingerprint density at radius 3 is 2.88 bits per heavy atom. The number of nitrogens with zero attached hydrogens (tertiary/aromatic N) is 3. The van der Waals surface area contributed by atoms with Crippen LogP contribution in [-0.4, -0.2) is 58.7 Å². The third kappa shape index (κ3) is 4.40. The van der Waals surface area contributed by atoms with Gasteiger partial charge in [-0.3, -0.25) is 5.10 Å². The van der Waals surface area contributed by atoms with Crippen molar-refractivity contribution in [3.63, 3.8) is 0 Å². The lowest BCUT2D eigenvalue weighted by Gasteiger charge is -2.27. The number of benzene rings is 1. The highest BCUT2D eigenvalue weighted by molar-refractivity contribution is 7.99. The van der Waals surface area contributed by atoms with E-state index >= 15 is 0 Å². The molecule has 0 saturated heterocycles. The van der Waals surface area contributed by atoms with Crippen LogP contribution in [0.25, 0.3) is 0 Å². The second kappa shape index (κ2) is 8.31. The number of aryl methyl sites for hydroxylation is 1. The number of ether oxygens (including phenoxy) is 2. The van der Waals surface area contributed by atoms with E-state index in [0.717, 1.165) is 22.9 Å². The Morgan fingerprint density at radius 2 is 2.15 bits per heavy atom. The number of hydrogen-bond donors (Lipinski definition) is 2. The van der Waals surface area contributed by atoms with E-state index in [4.69, 9.17) is 9.47 Å². The summed E-state index contributed by atoms with van der Waals surface area (Å²) in [6.07, 6.45) is 0. The lowest BCUT2D eigenvalue weighted by Crippen LogP contribution is -2.39. The molecule has 0 bridgehead atoms. The van der Waals surface area contributed by atoms with Crippen LogP contribution in [0.15, 0.2) is 23.4 Å². The average molecular weight is 377 g/mol. The first kappa shape index (κ1) is 18.4. The third-order valence-corrected chi connectivity index (χ3v) is 4.99. The smallest absolute Gasteiger partial charge is 0.317 e. The van der Waals surface area contributed by atoms with Crippen molar-refractivity contribution in [3.05, 3.63) is 29.6 Å². The highest BCUT2D eigenvalue weighted by Crippen LogP contribution is 2.33. The van der Waals surface area contributed by atoms with Gasteiger partial charge in [0.2, 0.25) is 5.16 Å². The van der Waals surface area contributed by atoms with E-state index in [-0.39, 0.29) is 12.1 Å². The zero-order valence-electron chi connectivity index (χ0n) is 15.1. The van der Waals surface area contributed by atoms with Gasteiger partial charge in [-0.25, -0.2) is 9.78 Å². The number of H-pyrrole nitrogens is 1. The van der Waals surface area contributed by atoms with Crippen LogP contribution in [0.4, 0.5) is 4.79 Å².